The first-order valence-corrected chi connectivity index (χ1v) is 7.40. The molecule has 0 spiro atoms. The number of aromatic nitrogens is 4. The Morgan fingerprint density at radius 2 is 1.91 bits per heavy atom. The van der Waals surface area contributed by atoms with E-state index in [0.717, 1.165) is 17.1 Å². The summed E-state index contributed by atoms with van der Waals surface area (Å²) in [6.45, 7) is 0. The van der Waals surface area contributed by atoms with Gasteiger partial charge in [0.05, 0.1) is 7.11 Å². The second-order valence-electron chi connectivity index (χ2n) is 5.37. The van der Waals surface area contributed by atoms with Gasteiger partial charge < -0.3 is 14.6 Å². The van der Waals surface area contributed by atoms with Crippen molar-refractivity contribution in [3.05, 3.63) is 36.4 Å². The average molecular weight is 309 g/mol. The zero-order valence-electron chi connectivity index (χ0n) is 12.6. The van der Waals surface area contributed by atoms with Crippen LogP contribution >= 0.6 is 0 Å². The van der Waals surface area contributed by atoms with Crippen molar-refractivity contribution in [3.8, 4) is 28.7 Å². The van der Waals surface area contributed by atoms with Crippen molar-refractivity contribution in [1.29, 1.82) is 0 Å². The van der Waals surface area contributed by atoms with Crippen LogP contribution in [-0.2, 0) is 0 Å². The Morgan fingerprint density at radius 1 is 1.09 bits per heavy atom. The number of anilines is 1. The molecule has 1 aliphatic carbocycles. The number of hydrogen-bond acceptors (Lipinski definition) is 7. The third-order valence-corrected chi connectivity index (χ3v) is 3.59. The van der Waals surface area contributed by atoms with E-state index in [1.54, 1.807) is 7.11 Å². The standard InChI is InChI=1S/C16H15N5O2/c1-22-12-6-2-10(3-7-12)15-18-16(23-21-15)13-8-9-14(20-19-13)17-11-4-5-11/h2-3,6-9,11H,4-5H2,1H3,(H,17,20). The number of rotatable bonds is 5. The smallest absolute Gasteiger partial charge is 0.278 e. The van der Waals surface area contributed by atoms with Crippen molar-refractivity contribution < 1.29 is 9.26 Å². The third kappa shape index (κ3) is 2.98. The van der Waals surface area contributed by atoms with Gasteiger partial charge in [-0.1, -0.05) is 5.16 Å². The average Bonchev–Trinajstić information content (AvgIpc) is 3.28. The van der Waals surface area contributed by atoms with Crippen molar-refractivity contribution in [2.24, 2.45) is 0 Å². The van der Waals surface area contributed by atoms with Crippen molar-refractivity contribution in [2.75, 3.05) is 12.4 Å². The van der Waals surface area contributed by atoms with E-state index in [9.17, 15) is 0 Å². The second-order valence-corrected chi connectivity index (χ2v) is 5.37. The summed E-state index contributed by atoms with van der Waals surface area (Å²) in [5.41, 5.74) is 1.40. The van der Waals surface area contributed by atoms with E-state index in [4.69, 9.17) is 9.26 Å². The predicted molar refractivity (Wildman–Crippen MR) is 84.0 cm³/mol. The molecule has 2 aromatic heterocycles. The molecule has 0 bridgehead atoms. The van der Waals surface area contributed by atoms with Crippen LogP contribution in [0.15, 0.2) is 40.9 Å². The van der Waals surface area contributed by atoms with Crippen LogP contribution in [0.1, 0.15) is 12.8 Å². The molecule has 1 N–H and O–H groups in total. The summed E-state index contributed by atoms with van der Waals surface area (Å²) in [4.78, 5) is 4.37. The fourth-order valence-corrected chi connectivity index (χ4v) is 2.14. The van der Waals surface area contributed by atoms with Gasteiger partial charge in [-0.3, -0.25) is 0 Å². The maximum atomic E-state index is 5.28. The number of hydrogen-bond donors (Lipinski definition) is 1. The quantitative estimate of drug-likeness (QED) is 0.775. The van der Waals surface area contributed by atoms with Gasteiger partial charge >= 0.3 is 0 Å². The summed E-state index contributed by atoms with van der Waals surface area (Å²) in [5.74, 6) is 2.40. The van der Waals surface area contributed by atoms with Gasteiger partial charge in [-0.15, -0.1) is 10.2 Å². The zero-order valence-corrected chi connectivity index (χ0v) is 12.6. The number of nitrogens with one attached hydrogen (secondary N) is 1. The molecule has 1 aromatic carbocycles. The fraction of sp³-hybridized carbons (Fsp3) is 0.250. The molecule has 7 nitrogen and oxygen atoms in total. The van der Waals surface area contributed by atoms with Gasteiger partial charge in [0, 0.05) is 11.6 Å². The molecule has 7 heteroatoms. The van der Waals surface area contributed by atoms with Gasteiger partial charge in [0.15, 0.2) is 5.69 Å². The molecule has 1 saturated carbocycles. The van der Waals surface area contributed by atoms with Crippen LogP contribution in [0.4, 0.5) is 5.82 Å². The predicted octanol–water partition coefficient (Wildman–Crippen LogP) is 2.78. The first kappa shape index (κ1) is 13.7. The normalized spacial score (nSPS) is 13.8. The van der Waals surface area contributed by atoms with Crippen LogP contribution in [0, 0.1) is 0 Å². The van der Waals surface area contributed by atoms with Crippen LogP contribution < -0.4 is 10.1 Å². The molecule has 0 unspecified atom stereocenters. The minimum Gasteiger partial charge on any atom is -0.497 e. The van der Waals surface area contributed by atoms with Gasteiger partial charge in [0.25, 0.3) is 5.89 Å². The van der Waals surface area contributed by atoms with E-state index in [2.05, 4.69) is 25.7 Å². The van der Waals surface area contributed by atoms with Gasteiger partial charge in [-0.05, 0) is 49.2 Å². The van der Waals surface area contributed by atoms with Crippen LogP contribution in [-0.4, -0.2) is 33.5 Å². The third-order valence-electron chi connectivity index (χ3n) is 3.59. The second kappa shape index (κ2) is 5.68. The molecule has 0 amide bonds. The summed E-state index contributed by atoms with van der Waals surface area (Å²) < 4.78 is 10.4. The Morgan fingerprint density at radius 3 is 2.57 bits per heavy atom. The lowest BCUT2D eigenvalue weighted by Crippen LogP contribution is -2.03. The highest BCUT2D eigenvalue weighted by Crippen LogP contribution is 2.25. The number of methoxy groups -OCH3 is 1. The van der Waals surface area contributed by atoms with E-state index in [1.807, 2.05) is 36.4 Å². The van der Waals surface area contributed by atoms with Crippen molar-refractivity contribution in [1.82, 2.24) is 20.3 Å². The molecule has 0 saturated heterocycles. The lowest BCUT2D eigenvalue weighted by atomic mass is 10.2. The number of ether oxygens (including phenoxy) is 1. The maximum Gasteiger partial charge on any atom is 0.278 e. The van der Waals surface area contributed by atoms with E-state index >= 15 is 0 Å². The molecule has 23 heavy (non-hydrogen) atoms. The summed E-state index contributed by atoms with van der Waals surface area (Å²) in [5, 5.41) is 15.5. The van der Waals surface area contributed by atoms with E-state index in [1.165, 1.54) is 12.8 Å². The molecule has 116 valence electrons. The minimum absolute atomic E-state index is 0.348. The van der Waals surface area contributed by atoms with Crippen molar-refractivity contribution in [3.63, 3.8) is 0 Å². The molecule has 3 aromatic rings. The molecule has 2 heterocycles. The lowest BCUT2D eigenvalue weighted by Gasteiger charge is -2.01. The zero-order chi connectivity index (χ0) is 15.6. The largest absolute Gasteiger partial charge is 0.497 e. The van der Waals surface area contributed by atoms with E-state index < -0.39 is 0 Å². The van der Waals surface area contributed by atoms with Crippen LogP contribution in [0.2, 0.25) is 0 Å². The summed E-state index contributed by atoms with van der Waals surface area (Å²) in [6, 6.07) is 11.7. The van der Waals surface area contributed by atoms with Crippen LogP contribution in [0.3, 0.4) is 0 Å². The molecule has 0 aliphatic heterocycles. The summed E-state index contributed by atoms with van der Waals surface area (Å²) >= 11 is 0. The first-order chi connectivity index (χ1) is 11.3. The fourth-order valence-electron chi connectivity index (χ4n) is 2.14. The summed E-state index contributed by atoms with van der Waals surface area (Å²) in [6.07, 6.45) is 2.39. The van der Waals surface area contributed by atoms with Crippen LogP contribution in [0.5, 0.6) is 5.75 Å². The highest BCUT2D eigenvalue weighted by Gasteiger charge is 2.21. The summed E-state index contributed by atoms with van der Waals surface area (Å²) in [7, 11) is 1.63. The highest BCUT2D eigenvalue weighted by molar-refractivity contribution is 5.59. The van der Waals surface area contributed by atoms with Gasteiger partial charge in [0.2, 0.25) is 5.82 Å². The Hall–Kier alpha value is -2.96. The molecular weight excluding hydrogens is 294 g/mol. The van der Waals surface area contributed by atoms with Gasteiger partial charge in [-0.2, -0.15) is 4.98 Å². The minimum atomic E-state index is 0.348. The monoisotopic (exact) mass is 309 g/mol. The molecule has 1 fully saturated rings. The molecule has 0 atom stereocenters. The van der Waals surface area contributed by atoms with Crippen molar-refractivity contribution in [2.45, 2.75) is 18.9 Å². The maximum absolute atomic E-state index is 5.28. The number of benzene rings is 1. The van der Waals surface area contributed by atoms with E-state index in [-0.39, 0.29) is 0 Å². The Labute approximate surface area is 132 Å². The molecule has 1 aliphatic rings. The molecule has 0 radical (unpaired) electrons. The highest BCUT2D eigenvalue weighted by atomic mass is 16.5. The Bertz CT molecular complexity index is 794. The van der Waals surface area contributed by atoms with Crippen molar-refractivity contribution >= 4 is 5.82 Å². The van der Waals surface area contributed by atoms with Gasteiger partial charge in [0.1, 0.15) is 11.6 Å². The Balaban J connectivity index is 1.54. The SMILES string of the molecule is COc1ccc(-c2noc(-c3ccc(NC4CC4)nn3)n2)cc1. The van der Waals surface area contributed by atoms with Gasteiger partial charge in [-0.25, -0.2) is 0 Å². The molecular formula is C16H15N5O2. The van der Waals surface area contributed by atoms with Crippen LogP contribution in [0.25, 0.3) is 23.0 Å². The molecule has 4 rings (SSSR count). The lowest BCUT2D eigenvalue weighted by molar-refractivity contribution is 0.414. The van der Waals surface area contributed by atoms with E-state index in [0.29, 0.717) is 23.5 Å². The first-order valence-electron chi connectivity index (χ1n) is 7.40. The number of nitrogens with zero attached hydrogens (tertiary/aromatic N) is 4. The topological polar surface area (TPSA) is 86.0 Å². The Kier molecular flexibility index (Phi) is 3.38.